The SMILES string of the molecule is C/C(N)=C/NCC1CCCN1C. The van der Waals surface area contributed by atoms with Crippen LogP contribution in [-0.4, -0.2) is 31.1 Å². The van der Waals surface area contributed by atoms with Crippen LogP contribution in [0.3, 0.4) is 0 Å². The van der Waals surface area contributed by atoms with Gasteiger partial charge in [0.2, 0.25) is 0 Å². The maximum atomic E-state index is 5.50. The third-order valence-electron chi connectivity index (χ3n) is 2.35. The second-order valence-electron chi connectivity index (χ2n) is 3.57. The molecule has 1 heterocycles. The van der Waals surface area contributed by atoms with Crippen molar-refractivity contribution in [3.05, 3.63) is 11.9 Å². The van der Waals surface area contributed by atoms with Crippen molar-refractivity contribution < 1.29 is 0 Å². The van der Waals surface area contributed by atoms with Crippen LogP contribution in [0, 0.1) is 0 Å². The van der Waals surface area contributed by atoms with Gasteiger partial charge in [0.05, 0.1) is 0 Å². The normalized spacial score (nSPS) is 26.2. The van der Waals surface area contributed by atoms with Gasteiger partial charge in [-0.2, -0.15) is 0 Å². The van der Waals surface area contributed by atoms with Crippen molar-refractivity contribution in [3.8, 4) is 0 Å². The number of likely N-dealkylation sites (N-methyl/N-ethyl adjacent to an activating group) is 1. The zero-order chi connectivity index (χ0) is 8.97. The minimum Gasteiger partial charge on any atom is -0.401 e. The van der Waals surface area contributed by atoms with Gasteiger partial charge in [-0.25, -0.2) is 0 Å². The van der Waals surface area contributed by atoms with Crippen LogP contribution in [0.15, 0.2) is 11.9 Å². The Balaban J connectivity index is 2.18. The highest BCUT2D eigenvalue weighted by atomic mass is 15.2. The van der Waals surface area contributed by atoms with E-state index in [0.717, 1.165) is 12.2 Å². The third-order valence-corrected chi connectivity index (χ3v) is 2.35. The Kier molecular flexibility index (Phi) is 3.41. The molecule has 0 spiro atoms. The molecule has 1 saturated heterocycles. The van der Waals surface area contributed by atoms with Gasteiger partial charge < -0.3 is 16.0 Å². The average Bonchev–Trinajstić information content (AvgIpc) is 2.36. The molecule has 1 atom stereocenters. The molecule has 70 valence electrons. The topological polar surface area (TPSA) is 41.3 Å². The maximum absolute atomic E-state index is 5.50. The Hall–Kier alpha value is -0.700. The van der Waals surface area contributed by atoms with Crippen LogP contribution in [-0.2, 0) is 0 Å². The molecule has 0 aromatic heterocycles. The van der Waals surface area contributed by atoms with E-state index in [4.69, 9.17) is 5.73 Å². The predicted octanol–water partition coefficient (Wildman–Crippen LogP) is 0.490. The Bertz CT molecular complexity index is 161. The maximum Gasteiger partial charge on any atom is 0.0298 e. The van der Waals surface area contributed by atoms with Crippen molar-refractivity contribution in [2.24, 2.45) is 5.73 Å². The van der Waals surface area contributed by atoms with Gasteiger partial charge in [0, 0.05) is 24.5 Å². The summed E-state index contributed by atoms with van der Waals surface area (Å²) in [5, 5.41) is 3.23. The van der Waals surface area contributed by atoms with Gasteiger partial charge in [-0.3, -0.25) is 0 Å². The quantitative estimate of drug-likeness (QED) is 0.646. The number of allylic oxidation sites excluding steroid dienone is 1. The molecule has 1 aliphatic rings. The average molecular weight is 169 g/mol. The van der Waals surface area contributed by atoms with Gasteiger partial charge in [-0.1, -0.05) is 0 Å². The van der Waals surface area contributed by atoms with Gasteiger partial charge in [0.1, 0.15) is 0 Å². The molecule has 0 bridgehead atoms. The van der Waals surface area contributed by atoms with Gasteiger partial charge >= 0.3 is 0 Å². The van der Waals surface area contributed by atoms with E-state index in [9.17, 15) is 0 Å². The summed E-state index contributed by atoms with van der Waals surface area (Å²) in [6.45, 7) is 4.15. The van der Waals surface area contributed by atoms with E-state index >= 15 is 0 Å². The van der Waals surface area contributed by atoms with E-state index < -0.39 is 0 Å². The second-order valence-corrected chi connectivity index (χ2v) is 3.57. The highest BCUT2D eigenvalue weighted by Crippen LogP contribution is 2.13. The molecule has 1 fully saturated rings. The molecule has 0 saturated carbocycles. The van der Waals surface area contributed by atoms with Crippen molar-refractivity contribution in [1.29, 1.82) is 0 Å². The molecule has 1 unspecified atom stereocenters. The standard InChI is InChI=1S/C9H19N3/c1-8(10)6-11-7-9-4-3-5-12(9)2/h6,9,11H,3-5,7,10H2,1-2H3/b8-6-. The van der Waals surface area contributed by atoms with E-state index in [-0.39, 0.29) is 0 Å². The minimum absolute atomic E-state index is 0.695. The summed E-state index contributed by atoms with van der Waals surface area (Å²) in [5.74, 6) is 0. The molecule has 3 heteroatoms. The Morgan fingerprint density at radius 1 is 1.75 bits per heavy atom. The summed E-state index contributed by atoms with van der Waals surface area (Å²) in [6, 6.07) is 0.695. The van der Waals surface area contributed by atoms with Crippen LogP contribution in [0.2, 0.25) is 0 Å². The molecule has 0 aromatic carbocycles. The van der Waals surface area contributed by atoms with Crippen LogP contribution in [0.1, 0.15) is 19.8 Å². The molecule has 0 aromatic rings. The highest BCUT2D eigenvalue weighted by molar-refractivity contribution is 4.91. The fourth-order valence-electron chi connectivity index (χ4n) is 1.59. The van der Waals surface area contributed by atoms with Gasteiger partial charge in [-0.15, -0.1) is 0 Å². The molecule has 0 amide bonds. The molecular weight excluding hydrogens is 150 g/mol. The van der Waals surface area contributed by atoms with Crippen LogP contribution in [0.5, 0.6) is 0 Å². The summed E-state index contributed by atoms with van der Waals surface area (Å²) in [6.07, 6.45) is 4.52. The van der Waals surface area contributed by atoms with Crippen molar-refractivity contribution in [2.75, 3.05) is 20.1 Å². The van der Waals surface area contributed by atoms with E-state index in [1.807, 2.05) is 13.1 Å². The molecule has 3 N–H and O–H groups in total. The largest absolute Gasteiger partial charge is 0.401 e. The second kappa shape index (κ2) is 4.36. The minimum atomic E-state index is 0.695. The van der Waals surface area contributed by atoms with Crippen molar-refractivity contribution in [1.82, 2.24) is 10.2 Å². The first-order chi connectivity index (χ1) is 5.70. The summed E-state index contributed by atoms with van der Waals surface area (Å²) < 4.78 is 0. The molecule has 1 aliphatic heterocycles. The number of rotatable bonds is 3. The number of hydrogen-bond acceptors (Lipinski definition) is 3. The van der Waals surface area contributed by atoms with Crippen LogP contribution in [0.25, 0.3) is 0 Å². The van der Waals surface area contributed by atoms with Crippen LogP contribution in [0.4, 0.5) is 0 Å². The summed E-state index contributed by atoms with van der Waals surface area (Å²) in [7, 11) is 2.18. The fraction of sp³-hybridized carbons (Fsp3) is 0.778. The summed E-state index contributed by atoms with van der Waals surface area (Å²) in [4.78, 5) is 2.40. The molecular formula is C9H19N3. The number of nitrogens with one attached hydrogen (secondary N) is 1. The number of nitrogens with zero attached hydrogens (tertiary/aromatic N) is 1. The molecule has 0 radical (unpaired) electrons. The van der Waals surface area contributed by atoms with Gasteiger partial charge in [-0.05, 0) is 33.4 Å². The van der Waals surface area contributed by atoms with E-state index in [0.29, 0.717) is 6.04 Å². The van der Waals surface area contributed by atoms with Crippen molar-refractivity contribution in [2.45, 2.75) is 25.8 Å². The molecule has 0 aliphatic carbocycles. The van der Waals surface area contributed by atoms with Crippen molar-refractivity contribution in [3.63, 3.8) is 0 Å². The Morgan fingerprint density at radius 2 is 2.50 bits per heavy atom. The lowest BCUT2D eigenvalue weighted by Gasteiger charge is -2.18. The summed E-state index contributed by atoms with van der Waals surface area (Å²) in [5.41, 5.74) is 6.34. The summed E-state index contributed by atoms with van der Waals surface area (Å²) >= 11 is 0. The highest BCUT2D eigenvalue weighted by Gasteiger charge is 2.19. The number of hydrogen-bond donors (Lipinski definition) is 2. The first-order valence-corrected chi connectivity index (χ1v) is 4.56. The van der Waals surface area contributed by atoms with E-state index in [1.165, 1.54) is 19.4 Å². The molecule has 3 nitrogen and oxygen atoms in total. The predicted molar refractivity (Wildman–Crippen MR) is 51.6 cm³/mol. The zero-order valence-electron chi connectivity index (χ0n) is 8.01. The van der Waals surface area contributed by atoms with E-state index in [1.54, 1.807) is 0 Å². The van der Waals surface area contributed by atoms with Crippen molar-refractivity contribution >= 4 is 0 Å². The monoisotopic (exact) mass is 169 g/mol. The Labute approximate surface area is 74.6 Å². The fourth-order valence-corrected chi connectivity index (χ4v) is 1.59. The first kappa shape index (κ1) is 9.39. The van der Waals surface area contributed by atoms with Crippen LogP contribution >= 0.6 is 0 Å². The number of likely N-dealkylation sites (tertiary alicyclic amines) is 1. The number of nitrogens with two attached hydrogens (primary N) is 1. The van der Waals surface area contributed by atoms with E-state index in [2.05, 4.69) is 17.3 Å². The lowest BCUT2D eigenvalue weighted by Crippen LogP contribution is -2.33. The molecule has 12 heavy (non-hydrogen) atoms. The van der Waals surface area contributed by atoms with Crippen LogP contribution < -0.4 is 11.1 Å². The zero-order valence-corrected chi connectivity index (χ0v) is 8.01. The smallest absolute Gasteiger partial charge is 0.0298 e. The third kappa shape index (κ3) is 2.74. The van der Waals surface area contributed by atoms with Gasteiger partial charge in [0.15, 0.2) is 0 Å². The van der Waals surface area contributed by atoms with Gasteiger partial charge in [0.25, 0.3) is 0 Å². The Morgan fingerprint density at radius 3 is 3.00 bits per heavy atom. The first-order valence-electron chi connectivity index (χ1n) is 4.56. The lowest BCUT2D eigenvalue weighted by atomic mass is 10.2. The lowest BCUT2D eigenvalue weighted by molar-refractivity contribution is 0.308. The molecule has 1 rings (SSSR count).